The van der Waals surface area contributed by atoms with Gasteiger partial charge in [-0.3, -0.25) is 5.10 Å². The number of halogens is 3. The quantitative estimate of drug-likeness (QED) is 0.560. The molecule has 2 N–H and O–H groups in total. The van der Waals surface area contributed by atoms with Crippen molar-refractivity contribution in [3.05, 3.63) is 41.0 Å². The van der Waals surface area contributed by atoms with Gasteiger partial charge in [0.25, 0.3) is 0 Å². The number of urea groups is 1. The normalized spacial score (nSPS) is 24.8. The Kier molecular flexibility index (Phi) is 5.38. The van der Waals surface area contributed by atoms with E-state index < -0.39 is 32.1 Å². The molecule has 216 valence electrons. The monoisotopic (exact) mass is 579 g/mol. The van der Waals surface area contributed by atoms with Crippen molar-refractivity contribution in [1.29, 1.82) is 0 Å². The molecule has 1 aromatic carbocycles. The lowest BCUT2D eigenvalue weighted by atomic mass is 9.56. The molecule has 3 saturated carbocycles. The van der Waals surface area contributed by atoms with Crippen molar-refractivity contribution >= 4 is 15.9 Å². The second-order valence-electron chi connectivity index (χ2n) is 13.3. The number of hydrogen-bond donors (Lipinski definition) is 2. The molecule has 0 radical (unpaired) electrons. The summed E-state index contributed by atoms with van der Waals surface area (Å²) < 4.78 is 64.1. The van der Waals surface area contributed by atoms with Gasteiger partial charge in [0, 0.05) is 49.2 Å². The first-order chi connectivity index (χ1) is 18.7. The molecule has 2 aliphatic heterocycles. The molecule has 3 heterocycles. The number of H-pyrrole nitrogens is 1. The van der Waals surface area contributed by atoms with Crippen LogP contribution in [0.4, 0.5) is 18.0 Å². The molecule has 0 unspecified atom stereocenters. The number of aromatic nitrogens is 3. The van der Waals surface area contributed by atoms with Gasteiger partial charge in [-0.05, 0) is 68.6 Å². The van der Waals surface area contributed by atoms with Gasteiger partial charge in [-0.2, -0.15) is 18.3 Å². The molecular weight excluding hydrogens is 547 g/mol. The second kappa shape index (κ2) is 8.21. The average molecular weight is 580 g/mol. The molecule has 40 heavy (non-hydrogen) atoms. The highest BCUT2D eigenvalue weighted by Gasteiger charge is 2.59. The number of aromatic amines is 1. The van der Waals surface area contributed by atoms with Crippen LogP contribution in [0.25, 0.3) is 0 Å². The number of amides is 2. The fourth-order valence-electron chi connectivity index (χ4n) is 7.59. The Hall–Kier alpha value is -2.67. The highest BCUT2D eigenvalue weighted by atomic mass is 32.2. The van der Waals surface area contributed by atoms with Crippen LogP contribution in [-0.2, 0) is 28.0 Å². The first-order valence-electron chi connectivity index (χ1n) is 13.8. The lowest BCUT2D eigenvalue weighted by Crippen LogP contribution is -2.70. The minimum Gasteiger partial charge on any atom is -0.382 e. The number of alkyl halides is 3. The average Bonchev–Trinajstić information content (AvgIpc) is 3.31. The molecule has 2 aromatic rings. The van der Waals surface area contributed by atoms with Gasteiger partial charge < -0.3 is 14.9 Å². The molecule has 13 heteroatoms. The maximum Gasteiger partial charge on any atom is 0.417 e. The van der Waals surface area contributed by atoms with Gasteiger partial charge in [-0.15, -0.1) is 0 Å². The zero-order chi connectivity index (χ0) is 28.3. The number of likely N-dealkylation sites (tertiary alicyclic amines) is 2. The number of sulfone groups is 1. The Labute approximate surface area is 230 Å². The molecule has 2 amide bonds. The summed E-state index contributed by atoms with van der Waals surface area (Å²) in [5, 5.41) is 17.4. The van der Waals surface area contributed by atoms with Crippen LogP contribution in [0, 0.1) is 16.7 Å². The number of carbonyl (C=O) groups excluding carboxylic acids is 1. The van der Waals surface area contributed by atoms with E-state index in [2.05, 4.69) is 15.2 Å². The van der Waals surface area contributed by atoms with Crippen LogP contribution in [-0.4, -0.2) is 77.0 Å². The number of aliphatic hydroxyl groups is 1. The van der Waals surface area contributed by atoms with Gasteiger partial charge in [-0.1, -0.05) is 6.07 Å². The number of nitrogens with one attached hydrogen (secondary N) is 1. The molecule has 5 fully saturated rings. The van der Waals surface area contributed by atoms with Crippen molar-refractivity contribution in [1.82, 2.24) is 25.0 Å². The van der Waals surface area contributed by atoms with E-state index in [9.17, 15) is 31.5 Å². The van der Waals surface area contributed by atoms with Crippen LogP contribution in [0.3, 0.4) is 0 Å². The van der Waals surface area contributed by atoms with Crippen molar-refractivity contribution in [2.24, 2.45) is 16.7 Å². The number of hydrogen-bond acceptors (Lipinski definition) is 6. The van der Waals surface area contributed by atoms with Crippen molar-refractivity contribution in [2.75, 3.05) is 32.4 Å². The van der Waals surface area contributed by atoms with E-state index in [0.717, 1.165) is 63.0 Å². The first-order valence-corrected chi connectivity index (χ1v) is 15.6. The predicted octanol–water partition coefficient (Wildman–Crippen LogP) is 3.46. The van der Waals surface area contributed by atoms with Crippen molar-refractivity contribution in [3.8, 4) is 0 Å². The van der Waals surface area contributed by atoms with E-state index in [0.29, 0.717) is 43.7 Å². The molecule has 2 saturated heterocycles. The summed E-state index contributed by atoms with van der Waals surface area (Å²) in [6, 6.07) is 3.58. The Morgan fingerprint density at radius 1 is 1.07 bits per heavy atom. The molecule has 1 aromatic heterocycles. The summed E-state index contributed by atoms with van der Waals surface area (Å²) in [6.07, 6.45) is 1.54. The van der Waals surface area contributed by atoms with Gasteiger partial charge in [0.15, 0.2) is 15.7 Å². The maximum atomic E-state index is 13.5. The molecular formula is C27H32F3N5O4S. The van der Waals surface area contributed by atoms with Gasteiger partial charge in [-0.25, -0.2) is 18.2 Å². The minimum atomic E-state index is -4.74. The summed E-state index contributed by atoms with van der Waals surface area (Å²) in [5.41, 5.74) is -1.25. The summed E-state index contributed by atoms with van der Waals surface area (Å²) in [5.74, 6) is 1.83. The fraction of sp³-hybridized carbons (Fsp3) is 0.667. The van der Waals surface area contributed by atoms with Crippen molar-refractivity contribution < 1.29 is 31.5 Å². The number of benzene rings is 1. The molecule has 7 rings (SSSR count). The maximum absolute atomic E-state index is 13.5. The van der Waals surface area contributed by atoms with Gasteiger partial charge in [0.05, 0.1) is 10.5 Å². The number of rotatable bonds is 5. The minimum absolute atomic E-state index is 0.0552. The third-order valence-corrected chi connectivity index (χ3v) is 10.9. The zero-order valence-electron chi connectivity index (χ0n) is 22.2. The summed E-state index contributed by atoms with van der Waals surface area (Å²) >= 11 is 0. The van der Waals surface area contributed by atoms with Crippen LogP contribution in [0.2, 0.25) is 0 Å². The SMILES string of the molecule is CS(=O)(=O)c1ccc(CC2CC3(C2)CN(C(=O)N2CC4(CC(c5nc(C6(O)CC6)n[nH]5)C4)C2)C3)cc1C(F)(F)F. The Morgan fingerprint density at radius 2 is 1.68 bits per heavy atom. The Balaban J connectivity index is 0.871. The second-order valence-corrected chi connectivity index (χ2v) is 15.2. The van der Waals surface area contributed by atoms with E-state index in [1.165, 1.54) is 6.07 Å². The largest absolute Gasteiger partial charge is 0.417 e. The lowest BCUT2D eigenvalue weighted by molar-refractivity contribution is -0.140. The number of nitrogens with zero attached hydrogens (tertiary/aromatic N) is 4. The van der Waals surface area contributed by atoms with E-state index in [-0.39, 0.29) is 28.7 Å². The van der Waals surface area contributed by atoms with Crippen LogP contribution < -0.4 is 0 Å². The standard InChI is InChI=1S/C27H32F3N5O4S/c1-40(38,39)20-3-2-16(7-19(20)27(28,29)30)6-17-8-24(9-17)12-34(13-24)23(36)35-14-25(15-35)10-18(11-25)21-31-22(33-32-21)26(37)4-5-26/h2-3,7,17-18,37H,4-6,8-15H2,1H3,(H,31,32,33). The summed E-state index contributed by atoms with van der Waals surface area (Å²) in [4.78, 5) is 20.6. The van der Waals surface area contributed by atoms with E-state index in [4.69, 9.17) is 0 Å². The van der Waals surface area contributed by atoms with Gasteiger partial charge in [0.1, 0.15) is 11.4 Å². The van der Waals surface area contributed by atoms with Crippen molar-refractivity contribution in [2.45, 2.75) is 67.5 Å². The molecule has 0 bridgehead atoms. The van der Waals surface area contributed by atoms with E-state index in [1.54, 1.807) is 0 Å². The predicted molar refractivity (Wildman–Crippen MR) is 136 cm³/mol. The van der Waals surface area contributed by atoms with Crippen LogP contribution in [0.1, 0.15) is 67.2 Å². The van der Waals surface area contributed by atoms with Crippen LogP contribution >= 0.6 is 0 Å². The Morgan fingerprint density at radius 3 is 2.23 bits per heavy atom. The highest BCUT2D eigenvalue weighted by molar-refractivity contribution is 7.90. The van der Waals surface area contributed by atoms with Crippen LogP contribution in [0.5, 0.6) is 0 Å². The molecule has 9 nitrogen and oxygen atoms in total. The first kappa shape index (κ1) is 26.2. The van der Waals surface area contributed by atoms with Gasteiger partial charge in [0.2, 0.25) is 0 Å². The Bertz CT molecular complexity index is 1470. The lowest BCUT2D eigenvalue weighted by Gasteiger charge is -2.63. The van der Waals surface area contributed by atoms with Gasteiger partial charge >= 0.3 is 12.2 Å². The van der Waals surface area contributed by atoms with Crippen LogP contribution in [0.15, 0.2) is 23.1 Å². The third kappa shape index (κ3) is 4.31. The van der Waals surface area contributed by atoms with E-state index in [1.807, 2.05) is 9.80 Å². The number of carbonyl (C=O) groups is 1. The molecule has 2 spiro atoms. The zero-order valence-corrected chi connectivity index (χ0v) is 23.0. The summed E-state index contributed by atoms with van der Waals surface area (Å²) in [6.45, 7) is 2.84. The summed E-state index contributed by atoms with van der Waals surface area (Å²) in [7, 11) is -3.99. The van der Waals surface area contributed by atoms with Crippen molar-refractivity contribution in [3.63, 3.8) is 0 Å². The van der Waals surface area contributed by atoms with E-state index >= 15 is 0 Å². The molecule has 3 aliphatic carbocycles. The smallest absolute Gasteiger partial charge is 0.382 e. The fourth-order valence-corrected chi connectivity index (χ4v) is 8.48. The highest BCUT2D eigenvalue weighted by Crippen LogP contribution is 2.57. The topological polar surface area (TPSA) is 119 Å². The molecule has 5 aliphatic rings. The molecule has 0 atom stereocenters. The third-order valence-electron chi connectivity index (χ3n) is 9.75.